The molecule has 1 heterocycles. The van der Waals surface area contributed by atoms with E-state index in [4.69, 9.17) is 9.47 Å². The summed E-state index contributed by atoms with van der Waals surface area (Å²) in [6.07, 6.45) is 2.31. The number of nitro benzene ring substituents is 1. The fourth-order valence-corrected chi connectivity index (χ4v) is 4.63. The van der Waals surface area contributed by atoms with Crippen LogP contribution in [-0.4, -0.2) is 35.1 Å². The lowest BCUT2D eigenvalue weighted by molar-refractivity contribution is -0.385. The van der Waals surface area contributed by atoms with Gasteiger partial charge in [0.15, 0.2) is 16.7 Å². The molecule has 1 aliphatic heterocycles. The summed E-state index contributed by atoms with van der Waals surface area (Å²) < 4.78 is 11.3. The number of aryl methyl sites for hydroxylation is 1. The molecule has 0 radical (unpaired) electrons. The highest BCUT2D eigenvalue weighted by molar-refractivity contribution is 8.18. The van der Waals surface area contributed by atoms with Gasteiger partial charge in [0.1, 0.15) is 6.61 Å². The maximum Gasteiger partial charge on any atom is 0.280 e. The van der Waals surface area contributed by atoms with Gasteiger partial charge in [-0.2, -0.15) is 0 Å². The lowest BCUT2D eigenvalue weighted by Crippen LogP contribution is -2.23. The number of methoxy groups -OCH3 is 1. The van der Waals surface area contributed by atoms with Gasteiger partial charge in [0.2, 0.25) is 0 Å². The molecule has 0 bridgehead atoms. The Labute approximate surface area is 213 Å². The number of amides is 1. The van der Waals surface area contributed by atoms with Crippen molar-refractivity contribution in [2.75, 3.05) is 14.2 Å². The van der Waals surface area contributed by atoms with Crippen LogP contribution < -0.4 is 9.47 Å². The maximum absolute atomic E-state index is 13.0. The highest BCUT2D eigenvalue weighted by atomic mass is 32.2. The summed E-state index contributed by atoms with van der Waals surface area (Å²) in [4.78, 5) is 30.8. The molecular formula is C27H25N3O5S. The van der Waals surface area contributed by atoms with Crippen LogP contribution in [0.15, 0.2) is 76.6 Å². The number of nitro groups is 1. The molecule has 0 N–H and O–H groups in total. The third-order valence-corrected chi connectivity index (χ3v) is 6.69. The number of carbonyl (C=O) groups is 1. The maximum atomic E-state index is 13.0. The van der Waals surface area contributed by atoms with Crippen molar-refractivity contribution >= 4 is 40.3 Å². The van der Waals surface area contributed by atoms with Crippen molar-refractivity contribution in [3.63, 3.8) is 0 Å². The van der Waals surface area contributed by atoms with Gasteiger partial charge in [-0.1, -0.05) is 55.5 Å². The third kappa shape index (κ3) is 5.41. The summed E-state index contributed by atoms with van der Waals surface area (Å²) in [5, 5.41) is 12.4. The molecule has 0 atom stereocenters. The first-order valence-electron chi connectivity index (χ1n) is 11.3. The minimum atomic E-state index is -0.498. The number of carbonyl (C=O) groups excluding carboxylic acids is 1. The van der Waals surface area contributed by atoms with E-state index in [1.807, 2.05) is 61.5 Å². The van der Waals surface area contributed by atoms with Crippen LogP contribution in [0, 0.1) is 10.1 Å². The molecule has 0 aromatic heterocycles. The molecule has 0 unspecified atom stereocenters. The molecule has 0 aliphatic carbocycles. The average molecular weight is 504 g/mol. The zero-order valence-electron chi connectivity index (χ0n) is 20.1. The Kier molecular flexibility index (Phi) is 7.70. The third-order valence-electron chi connectivity index (χ3n) is 5.63. The monoisotopic (exact) mass is 503 g/mol. The predicted molar refractivity (Wildman–Crippen MR) is 142 cm³/mol. The molecule has 3 aromatic carbocycles. The van der Waals surface area contributed by atoms with Crippen molar-refractivity contribution in [3.05, 3.63) is 98.4 Å². The van der Waals surface area contributed by atoms with E-state index in [-0.39, 0.29) is 29.5 Å². The van der Waals surface area contributed by atoms with Crippen molar-refractivity contribution in [1.82, 2.24) is 4.90 Å². The number of thioether (sulfide) groups is 1. The van der Waals surface area contributed by atoms with Crippen molar-refractivity contribution in [3.8, 4) is 11.5 Å². The normalized spacial score (nSPS) is 15.5. The Bertz CT molecular complexity index is 1350. The van der Waals surface area contributed by atoms with E-state index in [2.05, 4.69) is 4.99 Å². The van der Waals surface area contributed by atoms with Crippen molar-refractivity contribution in [2.24, 2.45) is 4.99 Å². The molecular weight excluding hydrogens is 478 g/mol. The van der Waals surface area contributed by atoms with Crippen LogP contribution in [0.1, 0.15) is 23.6 Å². The lowest BCUT2D eigenvalue weighted by Gasteiger charge is -2.12. The van der Waals surface area contributed by atoms with Crippen LogP contribution in [0.4, 0.5) is 11.4 Å². The predicted octanol–water partition coefficient (Wildman–Crippen LogP) is 5.98. The van der Waals surface area contributed by atoms with Crippen LogP contribution in [-0.2, 0) is 17.8 Å². The first-order valence-corrected chi connectivity index (χ1v) is 12.1. The molecule has 4 rings (SSSR count). The van der Waals surface area contributed by atoms with Crippen LogP contribution in [0.2, 0.25) is 0 Å². The molecule has 36 heavy (non-hydrogen) atoms. The summed E-state index contributed by atoms with van der Waals surface area (Å²) in [5.74, 6) is 0.291. The van der Waals surface area contributed by atoms with Gasteiger partial charge in [0.25, 0.3) is 11.6 Å². The minimum absolute atomic E-state index is 0.191. The molecule has 9 heteroatoms. The van der Waals surface area contributed by atoms with Gasteiger partial charge in [-0.3, -0.25) is 19.8 Å². The summed E-state index contributed by atoms with van der Waals surface area (Å²) in [6, 6.07) is 20.1. The largest absolute Gasteiger partial charge is 0.493 e. The number of hydrogen-bond acceptors (Lipinski definition) is 7. The van der Waals surface area contributed by atoms with Crippen molar-refractivity contribution in [2.45, 2.75) is 20.0 Å². The number of likely N-dealkylation sites (N-methyl/N-ethyl adjacent to an activating group) is 1. The topological polar surface area (TPSA) is 94.3 Å². The molecule has 0 saturated carbocycles. The fourth-order valence-electron chi connectivity index (χ4n) is 3.66. The van der Waals surface area contributed by atoms with Gasteiger partial charge in [-0.05, 0) is 47.5 Å². The van der Waals surface area contributed by atoms with Gasteiger partial charge in [0, 0.05) is 7.05 Å². The van der Waals surface area contributed by atoms with E-state index in [0.29, 0.717) is 15.8 Å². The summed E-state index contributed by atoms with van der Waals surface area (Å²) >= 11 is 1.17. The molecule has 1 saturated heterocycles. The van der Waals surface area contributed by atoms with Crippen molar-refractivity contribution < 1.29 is 19.2 Å². The zero-order chi connectivity index (χ0) is 25.7. The second-order valence-corrected chi connectivity index (χ2v) is 8.95. The number of aliphatic imine (C=N–C) groups is 1. The van der Waals surface area contributed by atoms with E-state index >= 15 is 0 Å². The number of hydrogen-bond donors (Lipinski definition) is 0. The highest BCUT2D eigenvalue weighted by Gasteiger charge is 2.32. The van der Waals surface area contributed by atoms with Crippen molar-refractivity contribution in [1.29, 1.82) is 0 Å². The van der Waals surface area contributed by atoms with Gasteiger partial charge in [-0.25, -0.2) is 4.99 Å². The molecule has 1 amide bonds. The molecule has 1 fully saturated rings. The first-order chi connectivity index (χ1) is 17.4. The van der Waals surface area contributed by atoms with Crippen LogP contribution in [0.3, 0.4) is 0 Å². The highest BCUT2D eigenvalue weighted by Crippen LogP contribution is 2.39. The van der Waals surface area contributed by atoms with E-state index in [9.17, 15) is 14.9 Å². The number of benzene rings is 3. The number of ether oxygens (including phenoxy) is 2. The fraction of sp³-hybridized carbons (Fsp3) is 0.185. The number of nitrogens with zero attached hydrogens (tertiary/aromatic N) is 3. The smallest absolute Gasteiger partial charge is 0.280 e. The Hall–Kier alpha value is -4.11. The van der Waals surface area contributed by atoms with E-state index in [1.54, 1.807) is 7.05 Å². The number of para-hydroxylation sites is 1. The summed E-state index contributed by atoms with van der Waals surface area (Å²) in [7, 11) is 3.10. The van der Waals surface area contributed by atoms with Gasteiger partial charge < -0.3 is 9.47 Å². The lowest BCUT2D eigenvalue weighted by atomic mass is 10.1. The van der Waals surface area contributed by atoms with Gasteiger partial charge >= 0.3 is 0 Å². The van der Waals surface area contributed by atoms with E-state index in [1.165, 1.54) is 42.0 Å². The second kappa shape index (κ2) is 11.1. The minimum Gasteiger partial charge on any atom is -0.493 e. The summed E-state index contributed by atoms with van der Waals surface area (Å²) in [6.45, 7) is 2.27. The molecule has 3 aromatic rings. The standard InChI is InChI=1S/C27H25N3O5S/c1-4-19-12-8-9-13-21(19)28-27-29(2)26(31)25(36-27)15-20-14-23(34-3)24(16-22(20)30(32)33)35-17-18-10-6-5-7-11-18/h5-16H,4,17H2,1-3H3/b25-15+,28-27?. The van der Waals surface area contributed by atoms with Gasteiger partial charge in [-0.15, -0.1) is 0 Å². The number of amidine groups is 1. The van der Waals surface area contributed by atoms with E-state index < -0.39 is 4.92 Å². The Balaban J connectivity index is 1.67. The van der Waals surface area contributed by atoms with Crippen LogP contribution in [0.25, 0.3) is 6.08 Å². The average Bonchev–Trinajstić information content (AvgIpc) is 3.15. The van der Waals surface area contributed by atoms with Crippen LogP contribution in [0.5, 0.6) is 11.5 Å². The molecule has 8 nitrogen and oxygen atoms in total. The Morgan fingerprint density at radius 3 is 2.50 bits per heavy atom. The van der Waals surface area contributed by atoms with Gasteiger partial charge in [0.05, 0.1) is 34.3 Å². The Morgan fingerprint density at radius 1 is 1.08 bits per heavy atom. The molecule has 184 valence electrons. The molecule has 0 spiro atoms. The Morgan fingerprint density at radius 2 is 1.81 bits per heavy atom. The quantitative estimate of drug-likeness (QED) is 0.213. The zero-order valence-corrected chi connectivity index (χ0v) is 21.0. The SMILES string of the molecule is CCc1ccccc1N=C1S/C(=C/c2cc(OC)c(OCc3ccccc3)cc2[N+](=O)[O-])C(=O)N1C. The second-order valence-electron chi connectivity index (χ2n) is 7.94. The van der Waals surface area contributed by atoms with E-state index in [0.717, 1.165) is 23.2 Å². The number of rotatable bonds is 8. The first kappa shape index (κ1) is 25.0. The summed E-state index contributed by atoms with van der Waals surface area (Å²) in [5.41, 5.74) is 2.82. The molecule has 1 aliphatic rings. The van der Waals surface area contributed by atoms with Crippen LogP contribution >= 0.6 is 11.8 Å².